The van der Waals surface area contributed by atoms with Gasteiger partial charge in [0.2, 0.25) is 5.91 Å². The van der Waals surface area contributed by atoms with E-state index in [0.29, 0.717) is 24.1 Å². The van der Waals surface area contributed by atoms with E-state index in [0.717, 1.165) is 24.8 Å². The largest absolute Gasteiger partial charge is 0.465 e. The highest BCUT2D eigenvalue weighted by Crippen LogP contribution is 2.27. The van der Waals surface area contributed by atoms with Gasteiger partial charge in [-0.25, -0.2) is 4.79 Å². The van der Waals surface area contributed by atoms with Crippen molar-refractivity contribution < 1.29 is 14.3 Å². The molecule has 0 saturated heterocycles. The van der Waals surface area contributed by atoms with Crippen molar-refractivity contribution in [1.82, 2.24) is 5.32 Å². The maximum absolute atomic E-state index is 12.2. The van der Waals surface area contributed by atoms with Crippen LogP contribution in [0.3, 0.4) is 0 Å². The Morgan fingerprint density at radius 3 is 2.62 bits per heavy atom. The SMILES string of the molecule is COC(=O)c1c(C)cccc1NCC(=O)NC1(C#N)CCCCC1. The molecule has 1 aromatic rings. The van der Waals surface area contributed by atoms with Gasteiger partial charge in [0.25, 0.3) is 0 Å². The topological polar surface area (TPSA) is 91.2 Å². The Bertz CT molecular complexity index is 658. The van der Waals surface area contributed by atoms with Gasteiger partial charge in [-0.15, -0.1) is 0 Å². The first kappa shape index (κ1) is 17.8. The normalized spacial score (nSPS) is 15.9. The zero-order valence-corrected chi connectivity index (χ0v) is 14.1. The maximum atomic E-state index is 12.2. The molecule has 1 aromatic carbocycles. The van der Waals surface area contributed by atoms with E-state index >= 15 is 0 Å². The van der Waals surface area contributed by atoms with Gasteiger partial charge < -0.3 is 15.4 Å². The molecule has 0 radical (unpaired) electrons. The molecule has 0 spiro atoms. The summed E-state index contributed by atoms with van der Waals surface area (Å²) >= 11 is 0. The summed E-state index contributed by atoms with van der Waals surface area (Å²) in [6, 6.07) is 7.61. The second-order valence-electron chi connectivity index (χ2n) is 6.15. The van der Waals surface area contributed by atoms with Gasteiger partial charge in [0.05, 0.1) is 25.3 Å². The first-order valence-electron chi connectivity index (χ1n) is 8.15. The van der Waals surface area contributed by atoms with Gasteiger partial charge in [-0.3, -0.25) is 4.79 Å². The number of esters is 1. The molecule has 1 aliphatic carbocycles. The van der Waals surface area contributed by atoms with Crippen LogP contribution in [0.4, 0.5) is 5.69 Å². The number of nitrogens with one attached hydrogen (secondary N) is 2. The van der Waals surface area contributed by atoms with Crippen LogP contribution < -0.4 is 10.6 Å². The number of carbonyl (C=O) groups is 2. The molecule has 0 unspecified atom stereocenters. The smallest absolute Gasteiger partial charge is 0.340 e. The number of aryl methyl sites for hydroxylation is 1. The Kier molecular flexibility index (Phi) is 5.80. The maximum Gasteiger partial charge on any atom is 0.340 e. The van der Waals surface area contributed by atoms with Crippen molar-refractivity contribution in [2.45, 2.75) is 44.6 Å². The third kappa shape index (κ3) is 4.05. The van der Waals surface area contributed by atoms with Crippen LogP contribution >= 0.6 is 0 Å². The van der Waals surface area contributed by atoms with Crippen LogP contribution in [0.1, 0.15) is 48.0 Å². The van der Waals surface area contributed by atoms with Crippen molar-refractivity contribution >= 4 is 17.6 Å². The van der Waals surface area contributed by atoms with Crippen molar-refractivity contribution in [2.24, 2.45) is 0 Å². The number of methoxy groups -OCH3 is 1. The van der Waals surface area contributed by atoms with Crippen molar-refractivity contribution in [3.63, 3.8) is 0 Å². The summed E-state index contributed by atoms with van der Waals surface area (Å²) in [6.45, 7) is 1.81. The molecule has 0 heterocycles. The lowest BCUT2D eigenvalue weighted by atomic mass is 9.83. The molecule has 1 saturated carbocycles. The minimum atomic E-state index is -0.755. The van der Waals surface area contributed by atoms with Crippen LogP contribution in [0.2, 0.25) is 0 Å². The molecule has 2 N–H and O–H groups in total. The van der Waals surface area contributed by atoms with Crippen LogP contribution in [0.5, 0.6) is 0 Å². The summed E-state index contributed by atoms with van der Waals surface area (Å²) in [5.41, 5.74) is 0.981. The summed E-state index contributed by atoms with van der Waals surface area (Å²) in [5.74, 6) is -0.701. The van der Waals surface area contributed by atoms with Gasteiger partial charge in [-0.1, -0.05) is 31.4 Å². The van der Waals surface area contributed by atoms with Gasteiger partial charge >= 0.3 is 5.97 Å². The number of benzene rings is 1. The summed E-state index contributed by atoms with van der Waals surface area (Å²) in [5, 5.41) is 15.2. The third-order valence-corrected chi connectivity index (χ3v) is 4.40. The first-order valence-corrected chi connectivity index (χ1v) is 8.15. The average Bonchev–Trinajstić information content (AvgIpc) is 2.60. The van der Waals surface area contributed by atoms with Crippen molar-refractivity contribution in [3.05, 3.63) is 29.3 Å². The number of ether oxygens (including phenoxy) is 1. The van der Waals surface area contributed by atoms with Crippen LogP contribution in [0.25, 0.3) is 0 Å². The number of nitriles is 1. The van der Waals surface area contributed by atoms with Crippen molar-refractivity contribution in [1.29, 1.82) is 5.26 Å². The number of rotatable bonds is 5. The third-order valence-electron chi connectivity index (χ3n) is 4.40. The quantitative estimate of drug-likeness (QED) is 0.810. The number of amides is 1. The molecule has 6 heteroatoms. The van der Waals surface area contributed by atoms with Gasteiger partial charge in [0, 0.05) is 5.69 Å². The van der Waals surface area contributed by atoms with E-state index in [-0.39, 0.29) is 12.5 Å². The van der Waals surface area contributed by atoms with E-state index < -0.39 is 11.5 Å². The van der Waals surface area contributed by atoms with Crippen molar-refractivity contribution in [2.75, 3.05) is 19.0 Å². The molecule has 2 rings (SSSR count). The minimum absolute atomic E-state index is 0.00310. The highest BCUT2D eigenvalue weighted by molar-refractivity contribution is 5.97. The summed E-state index contributed by atoms with van der Waals surface area (Å²) in [7, 11) is 1.32. The van der Waals surface area contributed by atoms with E-state index in [1.165, 1.54) is 7.11 Å². The second kappa shape index (κ2) is 7.82. The zero-order chi connectivity index (χ0) is 17.6. The lowest BCUT2D eigenvalue weighted by molar-refractivity contribution is -0.121. The highest BCUT2D eigenvalue weighted by Gasteiger charge is 2.33. The van der Waals surface area contributed by atoms with E-state index in [9.17, 15) is 14.9 Å². The highest BCUT2D eigenvalue weighted by atomic mass is 16.5. The molecule has 0 atom stereocenters. The Labute approximate surface area is 142 Å². The Morgan fingerprint density at radius 1 is 1.29 bits per heavy atom. The fourth-order valence-electron chi connectivity index (χ4n) is 3.09. The number of carbonyl (C=O) groups excluding carboxylic acids is 2. The molecule has 0 aliphatic heterocycles. The minimum Gasteiger partial charge on any atom is -0.465 e. The molecule has 1 amide bonds. The monoisotopic (exact) mass is 329 g/mol. The van der Waals surface area contributed by atoms with Crippen molar-refractivity contribution in [3.8, 4) is 6.07 Å². The standard InChI is InChI=1S/C18H23N3O3/c1-13-7-6-8-14(16(13)17(23)24-2)20-11-15(22)21-18(12-19)9-4-3-5-10-18/h6-8,20H,3-5,9-11H2,1-2H3,(H,21,22). The van der Waals surface area contributed by atoms with Crippen LogP contribution in [-0.2, 0) is 9.53 Å². The summed E-state index contributed by atoms with van der Waals surface area (Å²) < 4.78 is 4.80. The lowest BCUT2D eigenvalue weighted by Crippen LogP contribution is -2.50. The second-order valence-corrected chi connectivity index (χ2v) is 6.15. The molecular weight excluding hydrogens is 306 g/mol. The predicted octanol–water partition coefficient (Wildman–Crippen LogP) is 2.54. The fourth-order valence-corrected chi connectivity index (χ4v) is 3.09. The van der Waals surface area contributed by atoms with Gasteiger partial charge in [-0.05, 0) is 31.4 Å². The number of hydrogen-bond donors (Lipinski definition) is 2. The first-order chi connectivity index (χ1) is 11.5. The Balaban J connectivity index is 2.03. The molecule has 0 aromatic heterocycles. The molecule has 1 fully saturated rings. The van der Waals surface area contributed by atoms with E-state index in [1.54, 1.807) is 12.1 Å². The van der Waals surface area contributed by atoms with E-state index in [1.807, 2.05) is 13.0 Å². The zero-order valence-electron chi connectivity index (χ0n) is 14.1. The molecule has 1 aliphatic rings. The Hall–Kier alpha value is -2.55. The predicted molar refractivity (Wildman–Crippen MR) is 90.6 cm³/mol. The fraction of sp³-hybridized carbons (Fsp3) is 0.500. The number of anilines is 1. The molecule has 24 heavy (non-hydrogen) atoms. The summed E-state index contributed by atoms with van der Waals surface area (Å²) in [6.07, 6.45) is 4.38. The summed E-state index contributed by atoms with van der Waals surface area (Å²) in [4.78, 5) is 24.2. The van der Waals surface area contributed by atoms with Crippen LogP contribution in [0.15, 0.2) is 18.2 Å². The molecule has 6 nitrogen and oxygen atoms in total. The average molecular weight is 329 g/mol. The molecular formula is C18H23N3O3. The van der Waals surface area contributed by atoms with Crippen LogP contribution in [-0.4, -0.2) is 31.1 Å². The van der Waals surface area contributed by atoms with E-state index in [4.69, 9.17) is 4.74 Å². The molecule has 128 valence electrons. The van der Waals surface area contributed by atoms with Gasteiger partial charge in [0.15, 0.2) is 0 Å². The lowest BCUT2D eigenvalue weighted by Gasteiger charge is -2.31. The van der Waals surface area contributed by atoms with Gasteiger partial charge in [0.1, 0.15) is 5.54 Å². The number of nitrogens with zero attached hydrogens (tertiary/aromatic N) is 1. The molecule has 0 bridgehead atoms. The van der Waals surface area contributed by atoms with Gasteiger partial charge in [-0.2, -0.15) is 5.26 Å². The Morgan fingerprint density at radius 2 is 2.00 bits per heavy atom. The van der Waals surface area contributed by atoms with E-state index in [2.05, 4.69) is 16.7 Å². The number of hydrogen-bond acceptors (Lipinski definition) is 5. The van der Waals surface area contributed by atoms with Crippen LogP contribution in [0, 0.1) is 18.3 Å².